The Bertz CT molecular complexity index is 277. The van der Waals surface area contributed by atoms with Gasteiger partial charge < -0.3 is 29.8 Å². The molecule has 0 saturated carbocycles. The molecule has 0 saturated heterocycles. The predicted molar refractivity (Wildman–Crippen MR) is 40.1 cm³/mol. The van der Waals surface area contributed by atoms with Gasteiger partial charge in [-0.3, -0.25) is 0 Å². The SMILES string of the molecule is O=C(O)P(=O)(O)O.O=C(O)P(=O)(O)O.[Zn]. The molecule has 0 aromatic carbocycles. The average Bonchev–Trinajstić information content (AvgIpc) is 1.83. The quantitative estimate of drug-likeness (QED) is 0.290. The first-order valence-electron chi connectivity index (χ1n) is 2.47. The van der Waals surface area contributed by atoms with Gasteiger partial charge in [-0.2, -0.15) is 0 Å². The van der Waals surface area contributed by atoms with Gasteiger partial charge >= 0.3 is 26.6 Å². The summed E-state index contributed by atoms with van der Waals surface area (Å²) >= 11 is 0. The van der Waals surface area contributed by atoms with Gasteiger partial charge in [0.2, 0.25) is 0 Å². The molecule has 0 spiro atoms. The normalized spacial score (nSPS) is 10.4. The fourth-order valence-corrected chi connectivity index (χ4v) is 0. The smallest absolute Gasteiger partial charge is 0.433 e. The van der Waals surface area contributed by atoms with Crippen molar-refractivity contribution in [3.63, 3.8) is 0 Å². The Labute approximate surface area is 95.0 Å². The fourth-order valence-electron chi connectivity index (χ4n) is 0. The van der Waals surface area contributed by atoms with Crippen molar-refractivity contribution in [2.24, 2.45) is 0 Å². The summed E-state index contributed by atoms with van der Waals surface area (Å²) in [5.41, 5.74) is -4.18. The maximum absolute atomic E-state index is 9.43. The van der Waals surface area contributed by atoms with Crippen LogP contribution >= 0.6 is 15.2 Å². The van der Waals surface area contributed by atoms with Crippen LogP contribution in [0.25, 0.3) is 0 Å². The van der Waals surface area contributed by atoms with E-state index >= 15 is 0 Å². The molecule has 0 amide bonds. The molecule has 0 aliphatic heterocycles. The molecule has 0 radical (unpaired) electrons. The summed E-state index contributed by atoms with van der Waals surface area (Å²) in [7, 11) is -9.64. The van der Waals surface area contributed by atoms with Crippen molar-refractivity contribution in [3.05, 3.63) is 0 Å². The molecule has 0 fully saturated rings. The van der Waals surface area contributed by atoms with Crippen LogP contribution in [0.5, 0.6) is 0 Å². The van der Waals surface area contributed by atoms with Crippen molar-refractivity contribution in [2.45, 2.75) is 0 Å². The minimum Gasteiger partial charge on any atom is -0.472 e. The molecule has 0 aliphatic rings. The van der Waals surface area contributed by atoms with Crippen molar-refractivity contribution in [2.75, 3.05) is 0 Å². The van der Waals surface area contributed by atoms with Crippen LogP contribution < -0.4 is 0 Å². The van der Waals surface area contributed by atoms with Crippen molar-refractivity contribution in [3.8, 4) is 0 Å². The predicted octanol–water partition coefficient (Wildman–Crippen LogP) is -0.318. The van der Waals surface area contributed by atoms with Crippen LogP contribution in [0.4, 0.5) is 9.59 Å². The summed E-state index contributed by atoms with van der Waals surface area (Å²) in [4.78, 5) is 48.9. The van der Waals surface area contributed by atoms with E-state index in [1.165, 1.54) is 0 Å². The first kappa shape index (κ1) is 20.3. The molecule has 0 heterocycles. The third-order valence-electron chi connectivity index (χ3n) is 0.498. The Morgan fingerprint density at radius 2 is 0.800 bits per heavy atom. The fraction of sp³-hybridized carbons (Fsp3) is 0. The van der Waals surface area contributed by atoms with Crippen LogP contribution in [0.2, 0.25) is 0 Å². The van der Waals surface area contributed by atoms with Gasteiger partial charge in [-0.25, -0.2) is 18.7 Å². The molecule has 0 rings (SSSR count). The Hall–Kier alpha value is -0.137. The van der Waals surface area contributed by atoms with Crippen LogP contribution in [0.1, 0.15) is 0 Å². The zero-order valence-corrected chi connectivity index (χ0v) is 11.7. The largest absolute Gasteiger partial charge is 0.472 e. The summed E-state index contributed by atoms with van der Waals surface area (Å²) in [5, 5.41) is 15.0. The van der Waals surface area contributed by atoms with Gasteiger partial charge in [0.1, 0.15) is 0 Å². The minimum atomic E-state index is -4.82. The van der Waals surface area contributed by atoms with E-state index in [1.807, 2.05) is 0 Å². The van der Waals surface area contributed by atoms with E-state index in [9.17, 15) is 18.7 Å². The topological polar surface area (TPSA) is 190 Å². The van der Waals surface area contributed by atoms with Crippen LogP contribution in [0.15, 0.2) is 0 Å². The van der Waals surface area contributed by atoms with E-state index in [4.69, 9.17) is 29.8 Å². The monoisotopic (exact) mass is 316 g/mol. The third-order valence-corrected chi connectivity index (χ3v) is 1.50. The van der Waals surface area contributed by atoms with Gasteiger partial charge in [-0.1, -0.05) is 0 Å². The van der Waals surface area contributed by atoms with Gasteiger partial charge in [0.15, 0.2) is 0 Å². The van der Waals surface area contributed by atoms with Crippen LogP contribution in [-0.2, 0) is 28.6 Å². The molecule has 0 atom stereocenters. The average molecular weight is 317 g/mol. The maximum Gasteiger partial charge on any atom is 0.433 e. The Morgan fingerprint density at radius 1 is 0.733 bits per heavy atom. The standard InChI is InChI=1S/2CH3O5P.Zn/c2*2-1(3)7(4,5)6;/h2*(H,2,3)(H2,4,5,6);. The number of carbonyl (C=O) groups is 2. The zero-order chi connectivity index (χ0) is 12.2. The molecule has 0 aromatic heterocycles. The molecular formula is C2H6O10P2Zn. The molecule has 6 N–H and O–H groups in total. The second-order valence-corrected chi connectivity index (χ2v) is 4.59. The second kappa shape index (κ2) is 7.19. The van der Waals surface area contributed by atoms with Gasteiger partial charge in [0.25, 0.3) is 0 Å². The molecule has 0 unspecified atom stereocenters. The number of hydrogen-bond acceptors (Lipinski definition) is 4. The first-order chi connectivity index (χ1) is 5.89. The third kappa shape index (κ3) is 13.9. The van der Waals surface area contributed by atoms with Crippen molar-refractivity contribution in [1.82, 2.24) is 0 Å². The van der Waals surface area contributed by atoms with Gasteiger partial charge in [0.05, 0.1) is 0 Å². The molecule has 15 heavy (non-hydrogen) atoms. The molecule has 13 heteroatoms. The maximum atomic E-state index is 9.43. The number of rotatable bonds is 2. The van der Waals surface area contributed by atoms with Crippen LogP contribution in [0.3, 0.4) is 0 Å². The first-order valence-corrected chi connectivity index (χ1v) is 5.69. The van der Waals surface area contributed by atoms with E-state index in [0.29, 0.717) is 0 Å². The van der Waals surface area contributed by atoms with E-state index in [2.05, 4.69) is 0 Å². The second-order valence-electron chi connectivity index (χ2n) is 1.65. The summed E-state index contributed by atoms with van der Waals surface area (Å²) in [6.45, 7) is 0. The summed E-state index contributed by atoms with van der Waals surface area (Å²) < 4.78 is 18.9. The van der Waals surface area contributed by atoms with Gasteiger partial charge in [0, 0.05) is 19.5 Å². The van der Waals surface area contributed by atoms with E-state index < -0.39 is 26.6 Å². The number of hydrogen-bond donors (Lipinski definition) is 6. The van der Waals surface area contributed by atoms with Crippen molar-refractivity contribution < 1.29 is 68.0 Å². The Morgan fingerprint density at radius 3 is 0.800 bits per heavy atom. The summed E-state index contributed by atoms with van der Waals surface area (Å²) in [5.74, 6) is 0. The van der Waals surface area contributed by atoms with Crippen molar-refractivity contribution >= 4 is 26.6 Å². The molecule has 0 bridgehead atoms. The molecule has 86 valence electrons. The summed E-state index contributed by atoms with van der Waals surface area (Å²) in [6.07, 6.45) is 0. The van der Waals surface area contributed by atoms with Gasteiger partial charge in [-0.05, 0) is 0 Å². The molecule has 10 nitrogen and oxygen atoms in total. The number of carboxylic acid groups (broad SMARTS) is 2. The zero-order valence-electron chi connectivity index (χ0n) is 6.92. The van der Waals surface area contributed by atoms with E-state index in [-0.39, 0.29) is 19.5 Å². The summed E-state index contributed by atoms with van der Waals surface area (Å²) in [6, 6.07) is 0. The molecule has 0 aliphatic carbocycles. The molecular weight excluding hydrogens is 311 g/mol. The van der Waals surface area contributed by atoms with Crippen molar-refractivity contribution in [1.29, 1.82) is 0 Å². The van der Waals surface area contributed by atoms with Crippen LogP contribution in [-0.4, -0.2) is 41.2 Å². The van der Waals surface area contributed by atoms with Crippen LogP contribution in [0, 0.1) is 0 Å². The minimum absolute atomic E-state index is 0. The molecule has 0 aromatic rings. The Balaban J connectivity index is -0.000000180. The van der Waals surface area contributed by atoms with E-state index in [0.717, 1.165) is 0 Å². The van der Waals surface area contributed by atoms with Gasteiger partial charge in [-0.15, -0.1) is 0 Å². The van der Waals surface area contributed by atoms with E-state index in [1.54, 1.807) is 0 Å². The Kier molecular flexibility index (Phi) is 9.73.